The molecule has 0 saturated carbocycles. The molecule has 0 aliphatic carbocycles. The summed E-state index contributed by atoms with van der Waals surface area (Å²) >= 11 is 0. The predicted octanol–water partition coefficient (Wildman–Crippen LogP) is 0.279. The summed E-state index contributed by atoms with van der Waals surface area (Å²) in [6, 6.07) is 0. The molecule has 0 aromatic rings. The van der Waals surface area contributed by atoms with E-state index in [9.17, 15) is 9.90 Å². The third-order valence-corrected chi connectivity index (χ3v) is 1.95. The van der Waals surface area contributed by atoms with Crippen molar-refractivity contribution in [2.45, 2.75) is 38.7 Å². The first-order valence-corrected chi connectivity index (χ1v) is 5.01. The maximum absolute atomic E-state index is 10.6. The van der Waals surface area contributed by atoms with Crippen molar-refractivity contribution in [3.8, 4) is 0 Å². The second-order valence-corrected chi connectivity index (χ2v) is 4.85. The van der Waals surface area contributed by atoms with Crippen LogP contribution in [0.4, 0.5) is 0 Å². The maximum Gasteiger partial charge on any atom is 0.306 e. The molecule has 2 atom stereocenters. The van der Waals surface area contributed by atoms with Gasteiger partial charge in [0.15, 0.2) is 0 Å². The van der Waals surface area contributed by atoms with Gasteiger partial charge in [-0.2, -0.15) is 0 Å². The fraction of sp³-hybridized carbons (Fsp3) is 0.900. The van der Waals surface area contributed by atoms with Crippen molar-refractivity contribution in [3.05, 3.63) is 0 Å². The second kappa shape index (κ2) is 5.44. The number of carboxylic acid groups (broad SMARTS) is 1. The third-order valence-electron chi connectivity index (χ3n) is 1.95. The third kappa shape index (κ3) is 5.71. The van der Waals surface area contributed by atoms with Gasteiger partial charge in [0.05, 0.1) is 33.7 Å². The molecule has 0 amide bonds. The van der Waals surface area contributed by atoms with Crippen LogP contribution >= 0.6 is 0 Å². The van der Waals surface area contributed by atoms with Gasteiger partial charge in [-0.25, -0.2) is 0 Å². The molecule has 0 aliphatic heterocycles. The Morgan fingerprint density at radius 1 is 1.33 bits per heavy atom. The van der Waals surface area contributed by atoms with Crippen molar-refractivity contribution >= 4 is 5.97 Å². The Hall–Kier alpha value is -0.650. The van der Waals surface area contributed by atoms with Gasteiger partial charge in [0.25, 0.3) is 0 Å². The van der Waals surface area contributed by atoms with Crippen molar-refractivity contribution < 1.29 is 24.2 Å². The van der Waals surface area contributed by atoms with Crippen LogP contribution < -0.4 is 0 Å². The molecule has 0 aromatic heterocycles. The monoisotopic (exact) mass is 220 g/mol. The number of rotatable bonds is 6. The summed E-state index contributed by atoms with van der Waals surface area (Å²) in [5, 5.41) is 18.6. The molecule has 0 heterocycles. The molecule has 5 heteroatoms. The normalized spacial score (nSPS) is 16.5. The lowest BCUT2D eigenvalue weighted by Gasteiger charge is -2.35. The summed E-state index contributed by atoms with van der Waals surface area (Å²) < 4.78 is 5.66. The van der Waals surface area contributed by atoms with Crippen LogP contribution in [0.5, 0.6) is 0 Å². The summed E-state index contributed by atoms with van der Waals surface area (Å²) in [6.45, 7) is 3.63. The highest BCUT2D eigenvalue weighted by atomic mass is 16.5. The average molecular weight is 220 g/mol. The number of quaternary nitrogens is 1. The Morgan fingerprint density at radius 2 is 1.80 bits per heavy atom. The van der Waals surface area contributed by atoms with Crippen LogP contribution in [0.2, 0.25) is 0 Å². The molecule has 0 aromatic carbocycles. The SMILES string of the molecule is CC(C)OC(CC(=O)O)C(O)[N+](C)(C)C. The minimum Gasteiger partial charge on any atom is -0.481 e. The summed E-state index contributed by atoms with van der Waals surface area (Å²) in [5.41, 5.74) is 0. The molecule has 0 spiro atoms. The van der Waals surface area contributed by atoms with E-state index in [4.69, 9.17) is 9.84 Å². The van der Waals surface area contributed by atoms with Crippen molar-refractivity contribution in [2.75, 3.05) is 21.1 Å². The van der Waals surface area contributed by atoms with Gasteiger partial charge in [-0.1, -0.05) is 0 Å². The molecule has 5 nitrogen and oxygen atoms in total. The van der Waals surface area contributed by atoms with Gasteiger partial charge in [-0.15, -0.1) is 0 Å². The van der Waals surface area contributed by atoms with E-state index in [1.54, 1.807) is 21.1 Å². The number of carboxylic acids is 1. The van der Waals surface area contributed by atoms with E-state index in [0.29, 0.717) is 0 Å². The number of aliphatic hydroxyl groups excluding tert-OH is 1. The van der Waals surface area contributed by atoms with E-state index >= 15 is 0 Å². The van der Waals surface area contributed by atoms with Crippen molar-refractivity contribution in [2.24, 2.45) is 0 Å². The quantitative estimate of drug-likeness (QED) is 0.498. The van der Waals surface area contributed by atoms with E-state index in [1.807, 2.05) is 13.8 Å². The lowest BCUT2D eigenvalue weighted by molar-refractivity contribution is -0.923. The van der Waals surface area contributed by atoms with Crippen molar-refractivity contribution in [1.82, 2.24) is 0 Å². The standard InChI is InChI=1S/C10H21NO4/c1-7(2)15-8(6-9(12)13)10(14)11(3,4)5/h7-8,10,14H,6H2,1-5H3/p+1. The highest BCUT2D eigenvalue weighted by Crippen LogP contribution is 2.14. The average Bonchev–Trinajstić information content (AvgIpc) is 1.98. The van der Waals surface area contributed by atoms with Gasteiger partial charge < -0.3 is 19.4 Å². The first kappa shape index (κ1) is 14.3. The molecule has 15 heavy (non-hydrogen) atoms. The van der Waals surface area contributed by atoms with Gasteiger partial charge in [0.1, 0.15) is 6.10 Å². The van der Waals surface area contributed by atoms with E-state index in [1.165, 1.54) is 0 Å². The largest absolute Gasteiger partial charge is 0.481 e. The van der Waals surface area contributed by atoms with Crippen molar-refractivity contribution in [1.29, 1.82) is 0 Å². The number of carbonyl (C=O) groups is 1. The Balaban J connectivity index is 4.54. The minimum absolute atomic E-state index is 0.101. The lowest BCUT2D eigenvalue weighted by Crippen LogP contribution is -2.53. The van der Waals surface area contributed by atoms with Gasteiger partial charge in [0, 0.05) is 0 Å². The number of aliphatic carboxylic acids is 1. The Labute approximate surface area is 90.9 Å². The topological polar surface area (TPSA) is 66.8 Å². The predicted molar refractivity (Wildman–Crippen MR) is 56.3 cm³/mol. The zero-order valence-electron chi connectivity index (χ0n) is 10.1. The molecule has 0 aliphatic rings. The van der Waals surface area contributed by atoms with E-state index in [2.05, 4.69) is 0 Å². The van der Waals surface area contributed by atoms with Gasteiger partial charge in [-0.05, 0) is 13.8 Å². The van der Waals surface area contributed by atoms with E-state index in [0.717, 1.165) is 0 Å². The molecule has 2 unspecified atom stereocenters. The van der Waals surface area contributed by atoms with Crippen LogP contribution in [-0.2, 0) is 9.53 Å². The van der Waals surface area contributed by atoms with Gasteiger partial charge in [-0.3, -0.25) is 4.79 Å². The summed E-state index contributed by atoms with van der Waals surface area (Å²) in [7, 11) is 5.38. The van der Waals surface area contributed by atoms with E-state index < -0.39 is 18.3 Å². The number of hydrogen-bond donors (Lipinski definition) is 2. The number of nitrogens with zero attached hydrogens (tertiary/aromatic N) is 1. The second-order valence-electron chi connectivity index (χ2n) is 4.85. The van der Waals surface area contributed by atoms with E-state index in [-0.39, 0.29) is 17.0 Å². The molecule has 0 radical (unpaired) electrons. The zero-order chi connectivity index (χ0) is 12.2. The molecular formula is C10H22NO4+. The summed E-state index contributed by atoms with van der Waals surface area (Å²) in [5.74, 6) is -0.965. The number of aliphatic hydroxyl groups is 1. The van der Waals surface area contributed by atoms with Crippen LogP contribution in [0.25, 0.3) is 0 Å². The number of likely N-dealkylation sites (N-methyl/N-ethyl adjacent to an activating group) is 1. The summed E-state index contributed by atoms with van der Waals surface area (Å²) in [4.78, 5) is 10.6. The maximum atomic E-state index is 10.6. The molecule has 0 bridgehead atoms. The Kier molecular flexibility index (Phi) is 5.20. The number of hydrogen-bond acceptors (Lipinski definition) is 3. The highest BCUT2D eigenvalue weighted by molar-refractivity contribution is 5.67. The van der Waals surface area contributed by atoms with Crippen LogP contribution in [0.1, 0.15) is 20.3 Å². The highest BCUT2D eigenvalue weighted by Gasteiger charge is 2.33. The number of ether oxygens (including phenoxy) is 1. The van der Waals surface area contributed by atoms with Crippen LogP contribution in [0.15, 0.2) is 0 Å². The van der Waals surface area contributed by atoms with Crippen molar-refractivity contribution in [3.63, 3.8) is 0 Å². The first-order chi connectivity index (χ1) is 6.64. The molecule has 0 rings (SSSR count). The van der Waals surface area contributed by atoms with Crippen LogP contribution in [0, 0.1) is 0 Å². The molecule has 0 saturated heterocycles. The zero-order valence-corrected chi connectivity index (χ0v) is 10.1. The smallest absolute Gasteiger partial charge is 0.306 e. The molecule has 2 N–H and O–H groups in total. The minimum atomic E-state index is -0.965. The Morgan fingerprint density at radius 3 is 2.07 bits per heavy atom. The Bertz CT molecular complexity index is 210. The van der Waals surface area contributed by atoms with Gasteiger partial charge >= 0.3 is 5.97 Å². The van der Waals surface area contributed by atoms with Crippen LogP contribution in [0.3, 0.4) is 0 Å². The molecule has 0 fully saturated rings. The molecule has 90 valence electrons. The lowest BCUT2D eigenvalue weighted by atomic mass is 10.2. The summed E-state index contributed by atoms with van der Waals surface area (Å²) in [6.07, 6.45) is -1.81. The fourth-order valence-electron chi connectivity index (χ4n) is 1.24. The van der Waals surface area contributed by atoms with Crippen LogP contribution in [-0.4, -0.2) is 60.2 Å². The first-order valence-electron chi connectivity index (χ1n) is 5.01. The fourth-order valence-corrected chi connectivity index (χ4v) is 1.24. The van der Waals surface area contributed by atoms with Gasteiger partial charge in [0.2, 0.25) is 6.23 Å². The molecular weight excluding hydrogens is 198 g/mol.